The molecule has 0 saturated carbocycles. The molecule has 1 heterocycles. The van der Waals surface area contributed by atoms with Crippen molar-refractivity contribution < 1.29 is 9.18 Å². The van der Waals surface area contributed by atoms with Crippen molar-refractivity contribution in [2.24, 2.45) is 5.92 Å². The second kappa shape index (κ2) is 2.33. The van der Waals surface area contributed by atoms with Gasteiger partial charge in [-0.2, -0.15) is 0 Å². The number of amides is 1. The van der Waals surface area contributed by atoms with E-state index in [1.165, 1.54) is 0 Å². The highest BCUT2D eigenvalue weighted by Gasteiger charge is 2.32. The Morgan fingerprint density at radius 1 is 1.89 bits per heavy atom. The number of hydrogen-bond donors (Lipinski definition) is 1. The molecule has 0 unspecified atom stereocenters. The molecule has 0 aromatic rings. The van der Waals surface area contributed by atoms with Crippen LogP contribution in [0, 0.1) is 5.92 Å². The van der Waals surface area contributed by atoms with Gasteiger partial charge in [0.2, 0.25) is 0 Å². The van der Waals surface area contributed by atoms with E-state index < -0.39 is 12.1 Å². The van der Waals surface area contributed by atoms with Crippen LogP contribution in [-0.4, -0.2) is 18.6 Å². The Hall–Kier alpha value is -0.600. The highest BCUT2D eigenvalue weighted by molar-refractivity contribution is 5.83. The molecule has 2 nitrogen and oxygen atoms in total. The quantitative estimate of drug-likeness (QED) is 0.551. The molecule has 2 atom stereocenters. The van der Waals surface area contributed by atoms with Gasteiger partial charge in [-0.1, -0.05) is 6.92 Å². The van der Waals surface area contributed by atoms with Crippen LogP contribution in [0.25, 0.3) is 0 Å². The van der Waals surface area contributed by atoms with E-state index >= 15 is 0 Å². The van der Waals surface area contributed by atoms with Crippen molar-refractivity contribution >= 4 is 5.91 Å². The van der Waals surface area contributed by atoms with Crippen LogP contribution < -0.4 is 5.32 Å². The van der Waals surface area contributed by atoms with Crippen LogP contribution in [-0.2, 0) is 4.79 Å². The van der Waals surface area contributed by atoms with Crippen LogP contribution in [0.15, 0.2) is 0 Å². The standard InChI is InChI=1S/C6H10FNO/c1-2-4-3-8-6(9)5(4)7/h4-5H,2-3H2,1H3,(H,8,9)/t4-,5-/m0/s1. The number of halogens is 1. The van der Waals surface area contributed by atoms with Crippen molar-refractivity contribution in [1.82, 2.24) is 5.32 Å². The average molecular weight is 131 g/mol. The summed E-state index contributed by atoms with van der Waals surface area (Å²) in [5.41, 5.74) is 0. The predicted octanol–water partition coefficient (Wildman–Crippen LogP) is 0.480. The van der Waals surface area contributed by atoms with Gasteiger partial charge in [0.25, 0.3) is 5.91 Å². The van der Waals surface area contributed by atoms with Crippen LogP contribution in [0.5, 0.6) is 0 Å². The van der Waals surface area contributed by atoms with Gasteiger partial charge in [-0.15, -0.1) is 0 Å². The molecule has 1 rings (SSSR count). The molecule has 1 saturated heterocycles. The van der Waals surface area contributed by atoms with Gasteiger partial charge in [-0.05, 0) is 6.42 Å². The number of carbonyl (C=O) groups excluding carboxylic acids is 1. The summed E-state index contributed by atoms with van der Waals surface area (Å²) in [6.45, 7) is 2.40. The Kier molecular flexibility index (Phi) is 1.69. The van der Waals surface area contributed by atoms with Crippen LogP contribution in [0.4, 0.5) is 4.39 Å². The Morgan fingerprint density at radius 3 is 2.78 bits per heavy atom. The molecule has 52 valence electrons. The topological polar surface area (TPSA) is 29.1 Å². The summed E-state index contributed by atoms with van der Waals surface area (Å²) in [7, 11) is 0. The molecule has 0 bridgehead atoms. The van der Waals surface area contributed by atoms with E-state index in [9.17, 15) is 9.18 Å². The van der Waals surface area contributed by atoms with Crippen molar-refractivity contribution in [1.29, 1.82) is 0 Å². The van der Waals surface area contributed by atoms with Gasteiger partial charge in [0, 0.05) is 12.5 Å². The van der Waals surface area contributed by atoms with Crippen LogP contribution >= 0.6 is 0 Å². The van der Waals surface area contributed by atoms with E-state index in [4.69, 9.17) is 0 Å². The van der Waals surface area contributed by atoms with Gasteiger partial charge in [0.15, 0.2) is 6.17 Å². The molecule has 1 N–H and O–H groups in total. The lowest BCUT2D eigenvalue weighted by molar-refractivity contribution is -0.123. The monoisotopic (exact) mass is 131 g/mol. The van der Waals surface area contributed by atoms with E-state index in [-0.39, 0.29) is 5.92 Å². The van der Waals surface area contributed by atoms with Crippen molar-refractivity contribution in [3.8, 4) is 0 Å². The summed E-state index contributed by atoms with van der Waals surface area (Å²) in [4.78, 5) is 10.5. The zero-order valence-electron chi connectivity index (χ0n) is 5.36. The minimum Gasteiger partial charge on any atom is -0.353 e. The molecule has 1 fully saturated rings. The molecular formula is C6H10FNO. The molecule has 9 heavy (non-hydrogen) atoms. The zero-order chi connectivity index (χ0) is 6.85. The molecule has 1 amide bonds. The first kappa shape index (κ1) is 6.52. The molecule has 3 heteroatoms. The fourth-order valence-electron chi connectivity index (χ4n) is 0.998. The van der Waals surface area contributed by atoms with Gasteiger partial charge in [-0.3, -0.25) is 4.79 Å². The number of hydrogen-bond acceptors (Lipinski definition) is 1. The lowest BCUT2D eigenvalue weighted by Crippen LogP contribution is -2.20. The second-order valence-corrected chi connectivity index (χ2v) is 2.32. The van der Waals surface area contributed by atoms with Crippen LogP contribution in [0.1, 0.15) is 13.3 Å². The van der Waals surface area contributed by atoms with E-state index in [0.29, 0.717) is 6.54 Å². The molecular weight excluding hydrogens is 121 g/mol. The van der Waals surface area contributed by atoms with Gasteiger partial charge >= 0.3 is 0 Å². The van der Waals surface area contributed by atoms with Gasteiger partial charge < -0.3 is 5.32 Å². The SMILES string of the molecule is CC[C@H]1CNC(=O)[C@H]1F. The summed E-state index contributed by atoms with van der Waals surface area (Å²) in [5.74, 6) is -0.528. The first-order valence-electron chi connectivity index (χ1n) is 3.17. The minimum absolute atomic E-state index is 0.0856. The van der Waals surface area contributed by atoms with Crippen LogP contribution in [0.3, 0.4) is 0 Å². The fraction of sp³-hybridized carbons (Fsp3) is 0.833. The number of nitrogens with one attached hydrogen (secondary N) is 1. The average Bonchev–Trinajstić information content (AvgIpc) is 2.15. The van der Waals surface area contributed by atoms with E-state index in [0.717, 1.165) is 6.42 Å². The number of carbonyl (C=O) groups is 1. The van der Waals surface area contributed by atoms with Gasteiger partial charge in [0.05, 0.1) is 0 Å². The molecule has 0 aliphatic carbocycles. The molecule has 0 radical (unpaired) electrons. The normalized spacial score (nSPS) is 34.7. The third-order valence-electron chi connectivity index (χ3n) is 1.73. The molecule has 0 aromatic carbocycles. The Balaban J connectivity index is 2.51. The number of alkyl halides is 1. The predicted molar refractivity (Wildman–Crippen MR) is 31.7 cm³/mol. The smallest absolute Gasteiger partial charge is 0.254 e. The minimum atomic E-state index is -1.25. The van der Waals surface area contributed by atoms with Crippen molar-refractivity contribution in [2.75, 3.05) is 6.54 Å². The lowest BCUT2D eigenvalue weighted by Gasteiger charge is -2.03. The summed E-state index contributed by atoms with van der Waals surface area (Å²) < 4.78 is 12.6. The summed E-state index contributed by atoms with van der Waals surface area (Å²) in [5, 5.41) is 2.46. The van der Waals surface area contributed by atoms with E-state index in [2.05, 4.69) is 5.32 Å². The summed E-state index contributed by atoms with van der Waals surface area (Å²) >= 11 is 0. The molecule has 0 aromatic heterocycles. The lowest BCUT2D eigenvalue weighted by atomic mass is 10.1. The van der Waals surface area contributed by atoms with Crippen molar-refractivity contribution in [2.45, 2.75) is 19.5 Å². The highest BCUT2D eigenvalue weighted by Crippen LogP contribution is 2.16. The van der Waals surface area contributed by atoms with Gasteiger partial charge in [0.1, 0.15) is 0 Å². The maximum atomic E-state index is 12.6. The third-order valence-corrected chi connectivity index (χ3v) is 1.73. The van der Waals surface area contributed by atoms with E-state index in [1.807, 2.05) is 6.92 Å². The maximum absolute atomic E-state index is 12.6. The van der Waals surface area contributed by atoms with Crippen molar-refractivity contribution in [3.05, 3.63) is 0 Å². The largest absolute Gasteiger partial charge is 0.353 e. The maximum Gasteiger partial charge on any atom is 0.254 e. The first-order chi connectivity index (χ1) is 4.25. The van der Waals surface area contributed by atoms with E-state index in [1.54, 1.807) is 0 Å². The zero-order valence-corrected chi connectivity index (χ0v) is 5.36. The second-order valence-electron chi connectivity index (χ2n) is 2.32. The Morgan fingerprint density at radius 2 is 2.56 bits per heavy atom. The highest BCUT2D eigenvalue weighted by atomic mass is 19.1. The first-order valence-corrected chi connectivity index (χ1v) is 3.17. The molecule has 1 aliphatic rings. The summed E-state index contributed by atoms with van der Waals surface area (Å²) in [6, 6.07) is 0. The Labute approximate surface area is 53.4 Å². The molecule has 0 spiro atoms. The Bertz CT molecular complexity index is 126. The number of rotatable bonds is 1. The van der Waals surface area contributed by atoms with Crippen molar-refractivity contribution in [3.63, 3.8) is 0 Å². The summed E-state index contributed by atoms with van der Waals surface area (Å²) in [6.07, 6.45) is -0.519. The van der Waals surface area contributed by atoms with Gasteiger partial charge in [-0.25, -0.2) is 4.39 Å². The fourth-order valence-corrected chi connectivity index (χ4v) is 0.998. The van der Waals surface area contributed by atoms with Crippen LogP contribution in [0.2, 0.25) is 0 Å². The molecule has 1 aliphatic heterocycles. The third kappa shape index (κ3) is 1.04.